The van der Waals surface area contributed by atoms with Crippen LogP contribution in [0, 0.1) is 11.8 Å². The monoisotopic (exact) mass is 282 g/mol. The van der Waals surface area contributed by atoms with Gasteiger partial charge in [-0.3, -0.25) is 4.79 Å². The van der Waals surface area contributed by atoms with Crippen molar-refractivity contribution in [1.82, 2.24) is 0 Å². The lowest BCUT2D eigenvalue weighted by molar-refractivity contribution is -0.145. The van der Waals surface area contributed by atoms with E-state index in [4.69, 9.17) is 4.74 Å². The van der Waals surface area contributed by atoms with Crippen LogP contribution in [-0.4, -0.2) is 12.6 Å². The van der Waals surface area contributed by atoms with E-state index in [0.29, 0.717) is 18.9 Å². The van der Waals surface area contributed by atoms with Gasteiger partial charge in [-0.05, 0) is 24.7 Å². The van der Waals surface area contributed by atoms with Crippen LogP contribution in [0.25, 0.3) is 0 Å². The van der Waals surface area contributed by atoms with Gasteiger partial charge in [-0.15, -0.1) is 0 Å². The van der Waals surface area contributed by atoms with Crippen LogP contribution in [0.3, 0.4) is 0 Å². The van der Waals surface area contributed by atoms with Crippen molar-refractivity contribution < 1.29 is 9.53 Å². The van der Waals surface area contributed by atoms with E-state index in [-0.39, 0.29) is 5.97 Å². The van der Waals surface area contributed by atoms with Gasteiger partial charge in [0.1, 0.15) is 0 Å². The van der Waals surface area contributed by atoms with Crippen LogP contribution >= 0.6 is 0 Å². The number of rotatable bonds is 13. The van der Waals surface area contributed by atoms with Crippen LogP contribution in [0.15, 0.2) is 0 Å². The van der Waals surface area contributed by atoms with E-state index in [0.717, 1.165) is 12.3 Å². The predicted octanol–water partition coefficient (Wildman–Crippen LogP) is 5.50. The number of ether oxygens (including phenoxy) is 1. The van der Waals surface area contributed by atoms with E-state index < -0.39 is 0 Å². The minimum Gasteiger partial charge on any atom is -0.465 e. The summed E-state index contributed by atoms with van der Waals surface area (Å²) in [5.41, 5.74) is 0. The van der Waals surface area contributed by atoms with Gasteiger partial charge in [-0.2, -0.15) is 0 Å². The molecule has 1 saturated carbocycles. The molecule has 0 aromatic rings. The summed E-state index contributed by atoms with van der Waals surface area (Å²) in [5.74, 6) is 1.59. The van der Waals surface area contributed by atoms with Crippen molar-refractivity contribution in [2.45, 2.75) is 90.9 Å². The molecule has 2 nitrogen and oxygen atoms in total. The Morgan fingerprint density at radius 1 is 1.10 bits per heavy atom. The molecular formula is C18H34O2. The SMILES string of the molecule is CCCCC(C)COC(=O)CCCCCCCC1CC1. The molecule has 0 aromatic heterocycles. The Hall–Kier alpha value is -0.530. The quantitative estimate of drug-likeness (QED) is 0.329. The lowest BCUT2D eigenvalue weighted by Crippen LogP contribution is -2.11. The molecule has 0 radical (unpaired) electrons. The summed E-state index contributed by atoms with van der Waals surface area (Å²) in [6, 6.07) is 0. The number of esters is 1. The van der Waals surface area contributed by atoms with E-state index in [1.54, 1.807) is 0 Å². The maximum Gasteiger partial charge on any atom is 0.305 e. The molecule has 0 aliphatic heterocycles. The standard InChI is InChI=1S/C18H34O2/c1-3-4-10-16(2)15-20-18(19)12-9-7-5-6-8-11-17-13-14-17/h16-17H,3-15H2,1-2H3. The van der Waals surface area contributed by atoms with E-state index in [9.17, 15) is 4.79 Å². The Morgan fingerprint density at radius 3 is 2.50 bits per heavy atom. The van der Waals surface area contributed by atoms with Gasteiger partial charge < -0.3 is 4.74 Å². The zero-order valence-electron chi connectivity index (χ0n) is 13.7. The molecule has 2 heteroatoms. The minimum atomic E-state index is 0.00586. The predicted molar refractivity (Wildman–Crippen MR) is 84.7 cm³/mol. The highest BCUT2D eigenvalue weighted by Gasteiger charge is 2.19. The Labute approximate surface area is 125 Å². The van der Waals surface area contributed by atoms with E-state index >= 15 is 0 Å². The van der Waals surface area contributed by atoms with Crippen molar-refractivity contribution in [1.29, 1.82) is 0 Å². The zero-order valence-corrected chi connectivity index (χ0v) is 13.7. The molecule has 0 saturated heterocycles. The highest BCUT2D eigenvalue weighted by atomic mass is 16.5. The van der Waals surface area contributed by atoms with E-state index in [2.05, 4.69) is 13.8 Å². The van der Waals surface area contributed by atoms with Crippen molar-refractivity contribution in [2.75, 3.05) is 6.61 Å². The van der Waals surface area contributed by atoms with Crippen molar-refractivity contribution in [3.05, 3.63) is 0 Å². The highest BCUT2D eigenvalue weighted by molar-refractivity contribution is 5.69. The van der Waals surface area contributed by atoms with Crippen molar-refractivity contribution in [3.8, 4) is 0 Å². The first-order valence-corrected chi connectivity index (χ1v) is 8.88. The third kappa shape index (κ3) is 10.3. The van der Waals surface area contributed by atoms with Crippen molar-refractivity contribution in [2.24, 2.45) is 11.8 Å². The maximum atomic E-state index is 11.6. The Morgan fingerprint density at radius 2 is 1.80 bits per heavy atom. The molecule has 1 fully saturated rings. The Balaban J connectivity index is 1.81. The van der Waals surface area contributed by atoms with Crippen LogP contribution in [0.5, 0.6) is 0 Å². The minimum absolute atomic E-state index is 0.00586. The van der Waals surface area contributed by atoms with E-state index in [1.807, 2.05) is 0 Å². The third-order valence-corrected chi connectivity index (χ3v) is 4.27. The van der Waals surface area contributed by atoms with Crippen LogP contribution in [0.1, 0.15) is 90.9 Å². The normalized spacial score (nSPS) is 16.1. The lowest BCUT2D eigenvalue weighted by Gasteiger charge is -2.11. The second-order valence-corrected chi connectivity index (χ2v) is 6.68. The van der Waals surface area contributed by atoms with Gasteiger partial charge in [-0.1, -0.05) is 71.6 Å². The molecule has 0 N–H and O–H groups in total. The lowest BCUT2D eigenvalue weighted by atomic mass is 10.1. The van der Waals surface area contributed by atoms with Crippen molar-refractivity contribution in [3.63, 3.8) is 0 Å². The third-order valence-electron chi connectivity index (χ3n) is 4.27. The molecule has 0 amide bonds. The first-order chi connectivity index (χ1) is 9.72. The molecule has 1 aliphatic carbocycles. The van der Waals surface area contributed by atoms with Crippen molar-refractivity contribution >= 4 is 5.97 Å². The van der Waals surface area contributed by atoms with Gasteiger partial charge in [0.05, 0.1) is 6.61 Å². The van der Waals surface area contributed by atoms with Gasteiger partial charge in [0.2, 0.25) is 0 Å². The summed E-state index contributed by atoms with van der Waals surface area (Å²) < 4.78 is 5.33. The molecule has 0 bridgehead atoms. The molecule has 118 valence electrons. The molecule has 0 heterocycles. The maximum absolute atomic E-state index is 11.6. The summed E-state index contributed by atoms with van der Waals surface area (Å²) in [6.07, 6.45) is 14.8. The second-order valence-electron chi connectivity index (χ2n) is 6.68. The van der Waals surface area contributed by atoms with Crippen LogP contribution in [0.4, 0.5) is 0 Å². The number of carbonyl (C=O) groups excluding carboxylic acids is 1. The first kappa shape index (κ1) is 17.5. The highest BCUT2D eigenvalue weighted by Crippen LogP contribution is 2.34. The molecule has 1 atom stereocenters. The Kier molecular flexibility index (Phi) is 9.78. The van der Waals surface area contributed by atoms with E-state index in [1.165, 1.54) is 64.2 Å². The summed E-state index contributed by atoms with van der Waals surface area (Å²) in [5, 5.41) is 0. The fourth-order valence-electron chi connectivity index (χ4n) is 2.58. The summed E-state index contributed by atoms with van der Waals surface area (Å²) >= 11 is 0. The van der Waals surface area contributed by atoms with Gasteiger partial charge in [0, 0.05) is 6.42 Å². The number of unbranched alkanes of at least 4 members (excludes halogenated alkanes) is 5. The zero-order chi connectivity index (χ0) is 14.6. The fraction of sp³-hybridized carbons (Fsp3) is 0.944. The van der Waals surface area contributed by atoms with Gasteiger partial charge >= 0.3 is 5.97 Å². The molecule has 20 heavy (non-hydrogen) atoms. The molecule has 1 rings (SSSR count). The summed E-state index contributed by atoms with van der Waals surface area (Å²) in [7, 11) is 0. The van der Waals surface area contributed by atoms with Crippen LogP contribution in [0.2, 0.25) is 0 Å². The summed E-state index contributed by atoms with van der Waals surface area (Å²) in [6.45, 7) is 4.98. The molecule has 1 unspecified atom stereocenters. The first-order valence-electron chi connectivity index (χ1n) is 8.88. The molecule has 0 spiro atoms. The van der Waals surface area contributed by atoms with Crippen LogP contribution < -0.4 is 0 Å². The fourth-order valence-corrected chi connectivity index (χ4v) is 2.58. The second kappa shape index (κ2) is 11.2. The van der Waals surface area contributed by atoms with Gasteiger partial charge in [0.25, 0.3) is 0 Å². The topological polar surface area (TPSA) is 26.3 Å². The van der Waals surface area contributed by atoms with Gasteiger partial charge in [0.15, 0.2) is 0 Å². The Bertz CT molecular complexity index is 246. The smallest absolute Gasteiger partial charge is 0.305 e. The number of hydrogen-bond donors (Lipinski definition) is 0. The average molecular weight is 282 g/mol. The number of carbonyl (C=O) groups is 1. The molecular weight excluding hydrogens is 248 g/mol. The largest absolute Gasteiger partial charge is 0.465 e. The average Bonchev–Trinajstić information content (AvgIpc) is 3.26. The molecule has 0 aromatic carbocycles. The summed E-state index contributed by atoms with van der Waals surface area (Å²) in [4.78, 5) is 11.6. The number of hydrogen-bond acceptors (Lipinski definition) is 2. The van der Waals surface area contributed by atoms with Gasteiger partial charge in [-0.25, -0.2) is 0 Å². The molecule has 1 aliphatic rings. The van der Waals surface area contributed by atoms with Crippen LogP contribution in [-0.2, 0) is 9.53 Å².